The van der Waals surface area contributed by atoms with Gasteiger partial charge in [0.15, 0.2) is 6.29 Å². The minimum absolute atomic E-state index is 0.282. The van der Waals surface area contributed by atoms with E-state index >= 15 is 0 Å². The average Bonchev–Trinajstić information content (AvgIpc) is 2.96. The molecule has 1 amide bonds. The van der Waals surface area contributed by atoms with E-state index < -0.39 is 18.0 Å². The van der Waals surface area contributed by atoms with E-state index in [-0.39, 0.29) is 6.09 Å². The van der Waals surface area contributed by atoms with Crippen molar-refractivity contribution in [1.82, 2.24) is 14.9 Å². The van der Waals surface area contributed by atoms with E-state index in [2.05, 4.69) is 53.1 Å². The number of hydrogen-bond donors (Lipinski definition) is 0. The molecule has 10 nitrogen and oxygen atoms in total. The summed E-state index contributed by atoms with van der Waals surface area (Å²) in [4.78, 5) is 28.9. The van der Waals surface area contributed by atoms with Crippen molar-refractivity contribution in [3.8, 4) is 6.01 Å². The maximum Gasteiger partial charge on any atom is 0.410 e. The van der Waals surface area contributed by atoms with Crippen LogP contribution in [0, 0.1) is 6.92 Å². The lowest BCUT2D eigenvalue weighted by molar-refractivity contribution is -0.152. The van der Waals surface area contributed by atoms with E-state index in [1.54, 1.807) is 19.1 Å². The molecule has 0 N–H and O–H groups in total. The Hall–Kier alpha value is -3.63. The standard InChI is InChI=1S/C32H43N5O5/c1-21-18-23-10-8-9-11-24(23)27(19-21)37-13-12-25-26(20-37)33-30(41-22(2)29(39-6)40-7)34-28(25)35-14-16-36(17-15-35)31(38)42-32(3,4)5/h8-11,18-19,22,29H,12-17,20H2,1-7H3/t22-/m1/s1. The molecule has 0 unspecified atom stereocenters. The zero-order chi connectivity index (χ0) is 30.0. The third kappa shape index (κ3) is 6.55. The summed E-state index contributed by atoms with van der Waals surface area (Å²) in [6.07, 6.45) is -0.458. The number of ether oxygens (including phenoxy) is 4. The van der Waals surface area contributed by atoms with Crippen molar-refractivity contribution in [3.63, 3.8) is 0 Å². The molecule has 10 heteroatoms. The summed E-state index contributed by atoms with van der Waals surface area (Å²) in [6, 6.07) is 13.3. The van der Waals surface area contributed by atoms with Gasteiger partial charge < -0.3 is 33.6 Å². The maximum atomic E-state index is 12.7. The van der Waals surface area contributed by atoms with Crippen LogP contribution < -0.4 is 14.5 Å². The smallest absolute Gasteiger partial charge is 0.410 e. The number of nitrogens with zero attached hydrogens (tertiary/aromatic N) is 5. The van der Waals surface area contributed by atoms with Gasteiger partial charge in [-0.15, -0.1) is 0 Å². The predicted molar refractivity (Wildman–Crippen MR) is 163 cm³/mol. The van der Waals surface area contributed by atoms with Crippen LogP contribution in [0.25, 0.3) is 10.8 Å². The molecule has 3 heterocycles. The molecule has 226 valence electrons. The average molecular weight is 578 g/mol. The summed E-state index contributed by atoms with van der Waals surface area (Å²) in [6.45, 7) is 13.6. The molecule has 0 bridgehead atoms. The fourth-order valence-electron chi connectivity index (χ4n) is 5.74. The van der Waals surface area contributed by atoms with E-state index in [0.717, 1.165) is 30.0 Å². The van der Waals surface area contributed by atoms with E-state index in [1.165, 1.54) is 22.0 Å². The molecule has 1 atom stereocenters. The van der Waals surface area contributed by atoms with Crippen LogP contribution in [-0.2, 0) is 27.2 Å². The highest BCUT2D eigenvalue weighted by atomic mass is 16.7. The normalized spacial score (nSPS) is 16.5. The first kappa shape index (κ1) is 29.8. The number of carbonyl (C=O) groups is 1. The van der Waals surface area contributed by atoms with E-state index in [1.807, 2.05) is 27.7 Å². The largest absolute Gasteiger partial charge is 0.455 e. The third-order valence-corrected chi connectivity index (χ3v) is 7.72. The second-order valence-corrected chi connectivity index (χ2v) is 12.0. The SMILES string of the molecule is COC(OC)[C@@H](C)Oc1nc2c(c(N3CCN(C(=O)OC(C)(C)C)CC3)n1)CCN(c1cc(C)cc3ccccc13)C2. The number of aryl methyl sites for hydroxylation is 1. The van der Waals surface area contributed by atoms with Crippen molar-refractivity contribution in [2.75, 3.05) is 56.7 Å². The molecule has 0 radical (unpaired) electrons. The minimum Gasteiger partial charge on any atom is -0.455 e. The highest BCUT2D eigenvalue weighted by molar-refractivity contribution is 5.95. The monoisotopic (exact) mass is 577 g/mol. The lowest BCUT2D eigenvalue weighted by Crippen LogP contribution is -2.50. The summed E-state index contributed by atoms with van der Waals surface area (Å²) in [7, 11) is 3.17. The molecule has 42 heavy (non-hydrogen) atoms. The fraction of sp³-hybridized carbons (Fsp3) is 0.531. The fourth-order valence-corrected chi connectivity index (χ4v) is 5.74. The molecular formula is C32H43N5O5. The molecule has 1 fully saturated rings. The Morgan fingerprint density at radius 3 is 2.36 bits per heavy atom. The zero-order valence-corrected chi connectivity index (χ0v) is 25.8. The van der Waals surface area contributed by atoms with Gasteiger partial charge in [0.05, 0.1) is 12.2 Å². The number of fused-ring (bicyclic) bond motifs is 2. The van der Waals surface area contributed by atoms with Crippen molar-refractivity contribution in [1.29, 1.82) is 0 Å². The first-order valence-electron chi connectivity index (χ1n) is 14.7. The third-order valence-electron chi connectivity index (χ3n) is 7.72. The van der Waals surface area contributed by atoms with Gasteiger partial charge in [-0.2, -0.15) is 9.97 Å². The maximum absolute atomic E-state index is 12.7. The summed E-state index contributed by atoms with van der Waals surface area (Å²) in [5.74, 6) is 0.867. The molecule has 1 aromatic heterocycles. The molecule has 0 saturated carbocycles. The zero-order valence-electron chi connectivity index (χ0n) is 25.8. The minimum atomic E-state index is -0.555. The van der Waals surface area contributed by atoms with Crippen LogP contribution in [0.3, 0.4) is 0 Å². The van der Waals surface area contributed by atoms with Crippen LogP contribution in [0.2, 0.25) is 0 Å². The first-order valence-corrected chi connectivity index (χ1v) is 14.7. The lowest BCUT2D eigenvalue weighted by Gasteiger charge is -2.38. The quantitative estimate of drug-likeness (QED) is 0.362. The second-order valence-electron chi connectivity index (χ2n) is 12.0. The van der Waals surface area contributed by atoms with Crippen molar-refractivity contribution < 1.29 is 23.7 Å². The molecule has 3 aromatic rings. The van der Waals surface area contributed by atoms with Gasteiger partial charge in [0.2, 0.25) is 0 Å². The van der Waals surface area contributed by atoms with Gasteiger partial charge in [0.25, 0.3) is 0 Å². The summed E-state index contributed by atoms with van der Waals surface area (Å²) in [5, 5.41) is 2.46. The van der Waals surface area contributed by atoms with Crippen LogP contribution in [0.15, 0.2) is 36.4 Å². The topological polar surface area (TPSA) is 89.5 Å². The van der Waals surface area contributed by atoms with Crippen molar-refractivity contribution >= 4 is 28.4 Å². The molecule has 5 rings (SSSR count). The van der Waals surface area contributed by atoms with Gasteiger partial charge in [-0.25, -0.2) is 4.79 Å². The highest BCUT2D eigenvalue weighted by Crippen LogP contribution is 2.35. The van der Waals surface area contributed by atoms with Gasteiger partial charge in [0.1, 0.15) is 17.5 Å². The number of methoxy groups -OCH3 is 2. The van der Waals surface area contributed by atoms with Gasteiger partial charge >= 0.3 is 12.1 Å². The van der Waals surface area contributed by atoms with Crippen molar-refractivity contribution in [3.05, 3.63) is 53.2 Å². The van der Waals surface area contributed by atoms with Crippen LogP contribution in [-0.4, -0.2) is 85.9 Å². The molecule has 1 saturated heterocycles. The van der Waals surface area contributed by atoms with Crippen LogP contribution in [0.5, 0.6) is 6.01 Å². The van der Waals surface area contributed by atoms with Crippen molar-refractivity contribution in [2.45, 2.75) is 65.6 Å². The Morgan fingerprint density at radius 1 is 0.952 bits per heavy atom. The molecular weight excluding hydrogens is 534 g/mol. The molecule has 2 aromatic carbocycles. The molecule has 2 aliphatic heterocycles. The Kier molecular flexibility index (Phi) is 8.75. The summed E-state index contributed by atoms with van der Waals surface area (Å²) >= 11 is 0. The Balaban J connectivity index is 1.45. The number of anilines is 2. The van der Waals surface area contributed by atoms with Crippen LogP contribution in [0.4, 0.5) is 16.3 Å². The highest BCUT2D eigenvalue weighted by Gasteiger charge is 2.31. The number of benzene rings is 2. The second kappa shape index (κ2) is 12.3. The molecule has 0 aliphatic carbocycles. The van der Waals surface area contributed by atoms with Gasteiger partial charge in [0, 0.05) is 63.6 Å². The van der Waals surface area contributed by atoms with Crippen LogP contribution >= 0.6 is 0 Å². The first-order chi connectivity index (χ1) is 20.1. The summed E-state index contributed by atoms with van der Waals surface area (Å²) < 4.78 is 22.6. The number of rotatable bonds is 7. The number of aromatic nitrogens is 2. The van der Waals surface area contributed by atoms with E-state index in [0.29, 0.717) is 38.7 Å². The van der Waals surface area contributed by atoms with E-state index in [9.17, 15) is 4.79 Å². The molecule has 2 aliphatic rings. The van der Waals surface area contributed by atoms with Gasteiger partial charge in [-0.05, 0) is 58.1 Å². The Labute approximate surface area is 248 Å². The van der Waals surface area contributed by atoms with Crippen LogP contribution in [0.1, 0.15) is 44.5 Å². The number of hydrogen-bond acceptors (Lipinski definition) is 9. The number of carbonyl (C=O) groups excluding carboxylic acids is 1. The van der Waals surface area contributed by atoms with E-state index in [4.69, 9.17) is 28.9 Å². The predicted octanol–water partition coefficient (Wildman–Crippen LogP) is 4.94. The van der Waals surface area contributed by atoms with Gasteiger partial charge in [-0.3, -0.25) is 0 Å². The van der Waals surface area contributed by atoms with Crippen molar-refractivity contribution in [2.24, 2.45) is 0 Å². The molecule has 0 spiro atoms. The number of piperazine rings is 1. The Morgan fingerprint density at radius 2 is 1.67 bits per heavy atom. The lowest BCUT2D eigenvalue weighted by atomic mass is 10.0. The number of amides is 1. The Bertz CT molecular complexity index is 1410. The summed E-state index contributed by atoms with van der Waals surface area (Å²) in [5.41, 5.74) is 3.98. The van der Waals surface area contributed by atoms with Gasteiger partial charge in [-0.1, -0.05) is 30.3 Å².